The summed E-state index contributed by atoms with van der Waals surface area (Å²) in [6.45, 7) is 2.85. The minimum absolute atomic E-state index is 0.176. The highest BCUT2D eigenvalue weighted by atomic mass is 32.2. The first-order chi connectivity index (χ1) is 10.5. The number of rotatable bonds is 7. The molecular weight excluding hydrogens is 306 g/mol. The molecule has 1 aromatic carbocycles. The van der Waals surface area contributed by atoms with Crippen LogP contribution < -0.4 is 9.46 Å². The highest BCUT2D eigenvalue weighted by molar-refractivity contribution is 7.92. The molecule has 0 bridgehead atoms. The van der Waals surface area contributed by atoms with Crippen LogP contribution in [0.15, 0.2) is 35.5 Å². The molecule has 1 heterocycles. The van der Waals surface area contributed by atoms with E-state index in [2.05, 4.69) is 9.82 Å². The molecule has 0 aliphatic heterocycles. The summed E-state index contributed by atoms with van der Waals surface area (Å²) < 4.78 is 38.9. The van der Waals surface area contributed by atoms with E-state index in [0.717, 1.165) is 5.56 Å². The molecule has 0 aliphatic carbocycles. The molecule has 2 rings (SSSR count). The van der Waals surface area contributed by atoms with Crippen molar-refractivity contribution in [2.75, 3.05) is 25.5 Å². The van der Waals surface area contributed by atoms with Crippen molar-refractivity contribution < 1.29 is 17.9 Å². The van der Waals surface area contributed by atoms with Crippen LogP contribution in [0.5, 0.6) is 5.75 Å². The molecule has 0 radical (unpaired) electrons. The molecule has 0 amide bonds. The molecule has 120 valence electrons. The summed E-state index contributed by atoms with van der Waals surface area (Å²) in [5.74, 6) is 0.645. The molecule has 7 nitrogen and oxygen atoms in total. The van der Waals surface area contributed by atoms with Crippen molar-refractivity contribution in [1.82, 2.24) is 9.78 Å². The van der Waals surface area contributed by atoms with Gasteiger partial charge in [0, 0.05) is 13.3 Å². The van der Waals surface area contributed by atoms with Crippen molar-refractivity contribution in [3.63, 3.8) is 0 Å². The summed E-state index contributed by atoms with van der Waals surface area (Å²) in [4.78, 5) is 0.176. The molecule has 0 spiro atoms. The van der Waals surface area contributed by atoms with Gasteiger partial charge in [-0.1, -0.05) is 0 Å². The maximum atomic E-state index is 12.4. The molecule has 2 aromatic rings. The third-order valence-corrected chi connectivity index (χ3v) is 4.47. The lowest BCUT2D eigenvalue weighted by Crippen LogP contribution is -2.13. The van der Waals surface area contributed by atoms with Crippen LogP contribution in [-0.2, 0) is 21.3 Å². The lowest BCUT2D eigenvalue weighted by molar-refractivity contribution is 0.183. The largest absolute Gasteiger partial charge is 0.496 e. The van der Waals surface area contributed by atoms with Crippen molar-refractivity contribution in [3.8, 4) is 5.75 Å². The van der Waals surface area contributed by atoms with Crippen LogP contribution in [0.25, 0.3) is 0 Å². The third-order valence-electron chi connectivity index (χ3n) is 3.09. The Morgan fingerprint density at radius 1 is 1.32 bits per heavy atom. The molecule has 1 aromatic heterocycles. The number of hydrogen-bond acceptors (Lipinski definition) is 5. The van der Waals surface area contributed by atoms with Gasteiger partial charge in [0.15, 0.2) is 0 Å². The van der Waals surface area contributed by atoms with Crippen LogP contribution in [0.3, 0.4) is 0 Å². The predicted molar refractivity (Wildman–Crippen MR) is 82.6 cm³/mol. The Morgan fingerprint density at radius 2 is 2.09 bits per heavy atom. The number of hydrogen-bond donors (Lipinski definition) is 1. The lowest BCUT2D eigenvalue weighted by Gasteiger charge is -2.09. The van der Waals surface area contributed by atoms with Crippen LogP contribution in [0, 0.1) is 6.92 Å². The number of aryl methyl sites for hydroxylation is 1. The number of sulfonamides is 1. The zero-order valence-corrected chi connectivity index (χ0v) is 13.6. The van der Waals surface area contributed by atoms with E-state index in [0.29, 0.717) is 24.6 Å². The van der Waals surface area contributed by atoms with E-state index >= 15 is 0 Å². The fourth-order valence-corrected chi connectivity index (χ4v) is 3.07. The quantitative estimate of drug-likeness (QED) is 0.837. The fourth-order valence-electron chi connectivity index (χ4n) is 1.96. The van der Waals surface area contributed by atoms with Crippen molar-refractivity contribution in [3.05, 3.63) is 36.2 Å². The molecule has 1 N–H and O–H groups in total. The Bertz CT molecular complexity index is 740. The van der Waals surface area contributed by atoms with E-state index in [1.165, 1.54) is 12.3 Å². The first-order valence-corrected chi connectivity index (χ1v) is 8.13. The zero-order chi connectivity index (χ0) is 16.2. The summed E-state index contributed by atoms with van der Waals surface area (Å²) in [5, 5.41) is 4.07. The van der Waals surface area contributed by atoms with Gasteiger partial charge in [-0.2, -0.15) is 5.10 Å². The second-order valence-corrected chi connectivity index (χ2v) is 6.40. The van der Waals surface area contributed by atoms with Crippen molar-refractivity contribution in [2.45, 2.75) is 18.4 Å². The molecule has 0 aliphatic rings. The number of ether oxygens (including phenoxy) is 2. The Balaban J connectivity index is 2.17. The number of nitrogens with zero attached hydrogens (tertiary/aromatic N) is 2. The predicted octanol–water partition coefficient (Wildman–Crippen LogP) is 1.65. The Morgan fingerprint density at radius 3 is 2.73 bits per heavy atom. The van der Waals surface area contributed by atoms with Crippen molar-refractivity contribution in [2.24, 2.45) is 0 Å². The van der Waals surface area contributed by atoms with Gasteiger partial charge in [-0.3, -0.25) is 9.40 Å². The fraction of sp³-hybridized carbons (Fsp3) is 0.357. The lowest BCUT2D eigenvalue weighted by atomic mass is 10.2. The van der Waals surface area contributed by atoms with E-state index < -0.39 is 10.0 Å². The standard InChI is InChI=1S/C14H19N3O4S/c1-11-8-13(4-5-14(11)21-3)22(18,19)16-12-9-15-17(10-12)6-7-20-2/h4-5,8-10,16H,6-7H2,1-3H3. The molecule has 0 saturated carbocycles. The minimum atomic E-state index is -3.66. The van der Waals surface area contributed by atoms with Crippen LogP contribution in [0.2, 0.25) is 0 Å². The first kappa shape index (κ1) is 16.3. The highest BCUT2D eigenvalue weighted by Gasteiger charge is 2.16. The van der Waals surface area contributed by atoms with Crippen LogP contribution in [0.1, 0.15) is 5.56 Å². The van der Waals surface area contributed by atoms with Gasteiger partial charge >= 0.3 is 0 Å². The summed E-state index contributed by atoms with van der Waals surface area (Å²) in [6.07, 6.45) is 3.08. The van der Waals surface area contributed by atoms with E-state index in [4.69, 9.17) is 9.47 Å². The first-order valence-electron chi connectivity index (χ1n) is 6.65. The summed E-state index contributed by atoms with van der Waals surface area (Å²) in [7, 11) is -0.517. The number of methoxy groups -OCH3 is 2. The van der Waals surface area contributed by atoms with Crippen LogP contribution in [0.4, 0.5) is 5.69 Å². The monoisotopic (exact) mass is 325 g/mol. The smallest absolute Gasteiger partial charge is 0.262 e. The summed E-state index contributed by atoms with van der Waals surface area (Å²) in [5.41, 5.74) is 1.16. The Kier molecular flexibility index (Phi) is 5.04. The molecule has 0 unspecified atom stereocenters. The van der Waals surface area contributed by atoms with E-state index in [1.54, 1.807) is 44.2 Å². The molecule has 8 heteroatoms. The maximum absolute atomic E-state index is 12.4. The second-order valence-electron chi connectivity index (χ2n) is 4.72. The van der Waals surface area contributed by atoms with E-state index in [-0.39, 0.29) is 4.90 Å². The normalized spacial score (nSPS) is 11.4. The topological polar surface area (TPSA) is 82.5 Å². The average Bonchev–Trinajstić information content (AvgIpc) is 2.91. The molecule has 0 atom stereocenters. The van der Waals surface area contributed by atoms with E-state index in [9.17, 15) is 8.42 Å². The molecule has 0 saturated heterocycles. The second kappa shape index (κ2) is 6.80. The van der Waals surface area contributed by atoms with Gasteiger partial charge in [0.1, 0.15) is 5.75 Å². The van der Waals surface area contributed by atoms with Crippen molar-refractivity contribution >= 4 is 15.7 Å². The highest BCUT2D eigenvalue weighted by Crippen LogP contribution is 2.23. The Labute approximate surface area is 129 Å². The molecule has 22 heavy (non-hydrogen) atoms. The van der Waals surface area contributed by atoms with Crippen LogP contribution in [-0.4, -0.2) is 39.0 Å². The minimum Gasteiger partial charge on any atom is -0.496 e. The summed E-state index contributed by atoms with van der Waals surface area (Å²) in [6, 6.07) is 4.70. The number of aromatic nitrogens is 2. The van der Waals surface area contributed by atoms with Crippen LogP contribution >= 0.6 is 0 Å². The number of benzene rings is 1. The zero-order valence-electron chi connectivity index (χ0n) is 12.7. The van der Waals surface area contributed by atoms with Gasteiger partial charge in [-0.15, -0.1) is 0 Å². The molecule has 0 fully saturated rings. The third kappa shape index (κ3) is 3.77. The van der Waals surface area contributed by atoms with Gasteiger partial charge in [0.05, 0.1) is 37.0 Å². The molecular formula is C14H19N3O4S. The van der Waals surface area contributed by atoms with Gasteiger partial charge in [0.25, 0.3) is 10.0 Å². The number of anilines is 1. The maximum Gasteiger partial charge on any atom is 0.262 e. The van der Waals surface area contributed by atoms with Gasteiger partial charge in [-0.05, 0) is 30.7 Å². The average molecular weight is 325 g/mol. The SMILES string of the molecule is COCCn1cc(NS(=O)(=O)c2ccc(OC)c(C)c2)cn1. The van der Waals surface area contributed by atoms with Gasteiger partial charge < -0.3 is 9.47 Å². The Hall–Kier alpha value is -2.06. The number of nitrogens with one attached hydrogen (secondary N) is 1. The van der Waals surface area contributed by atoms with Gasteiger partial charge in [-0.25, -0.2) is 8.42 Å². The summed E-state index contributed by atoms with van der Waals surface area (Å²) >= 11 is 0. The van der Waals surface area contributed by atoms with Crippen molar-refractivity contribution in [1.29, 1.82) is 0 Å². The van der Waals surface area contributed by atoms with E-state index in [1.807, 2.05) is 0 Å². The van der Waals surface area contributed by atoms with Gasteiger partial charge in [0.2, 0.25) is 0 Å².